The summed E-state index contributed by atoms with van der Waals surface area (Å²) in [5.41, 5.74) is 1.59. The molecule has 0 aliphatic rings. The maximum Gasteiger partial charge on any atom is 0.150 e. The number of carbonyl (C=O) groups is 1. The first kappa shape index (κ1) is 18.6. The predicted octanol–water partition coefficient (Wildman–Crippen LogP) is 5.61. The molecule has 24 heavy (non-hydrogen) atoms. The first-order valence-corrected chi connectivity index (χ1v) is 8.69. The van der Waals surface area contributed by atoms with Crippen LogP contribution in [0.15, 0.2) is 36.4 Å². The van der Waals surface area contributed by atoms with Crippen LogP contribution in [0.4, 0.5) is 0 Å². The molecule has 0 unspecified atom stereocenters. The summed E-state index contributed by atoms with van der Waals surface area (Å²) < 4.78 is 11.5. The summed E-state index contributed by atoms with van der Waals surface area (Å²) in [6, 6.07) is 10.6. The second-order valence-corrected chi connectivity index (χ2v) is 6.11. The van der Waals surface area contributed by atoms with Gasteiger partial charge in [-0.2, -0.15) is 0 Å². The zero-order chi connectivity index (χ0) is 17.4. The Morgan fingerprint density at radius 3 is 2.38 bits per heavy atom. The predicted molar refractivity (Wildman–Crippen MR) is 97.9 cm³/mol. The van der Waals surface area contributed by atoms with Gasteiger partial charge in [0.25, 0.3) is 0 Å². The van der Waals surface area contributed by atoms with E-state index in [1.54, 1.807) is 30.3 Å². The van der Waals surface area contributed by atoms with Crippen molar-refractivity contribution in [2.24, 2.45) is 0 Å². The van der Waals surface area contributed by atoms with Gasteiger partial charge in [0.2, 0.25) is 0 Å². The maximum absolute atomic E-state index is 10.6. The van der Waals surface area contributed by atoms with Gasteiger partial charge in [-0.15, -0.1) is 0 Å². The minimum atomic E-state index is 0.529. The lowest BCUT2D eigenvalue weighted by atomic mass is 10.1. The number of rotatable bonds is 9. The van der Waals surface area contributed by atoms with Crippen LogP contribution in [-0.4, -0.2) is 19.5 Å². The van der Waals surface area contributed by atoms with Gasteiger partial charge >= 0.3 is 0 Å². The normalized spacial score (nSPS) is 10.5. The fraction of sp³-hybridized carbons (Fsp3) is 0.316. The number of aldehydes is 1. The largest absolute Gasteiger partial charge is 0.493 e. The lowest BCUT2D eigenvalue weighted by Crippen LogP contribution is -2.06. The summed E-state index contributed by atoms with van der Waals surface area (Å²) >= 11 is 12.3. The van der Waals surface area contributed by atoms with Gasteiger partial charge in [0, 0.05) is 17.5 Å². The van der Waals surface area contributed by atoms with E-state index in [-0.39, 0.29) is 0 Å². The van der Waals surface area contributed by atoms with Crippen LogP contribution in [-0.2, 0) is 6.42 Å². The van der Waals surface area contributed by atoms with Crippen molar-refractivity contribution in [1.29, 1.82) is 0 Å². The molecule has 0 aliphatic heterocycles. The number of hydrogen-bond acceptors (Lipinski definition) is 3. The summed E-state index contributed by atoms with van der Waals surface area (Å²) in [5, 5.41) is 1.12. The van der Waals surface area contributed by atoms with Crippen molar-refractivity contribution in [3.8, 4) is 11.5 Å². The third kappa shape index (κ3) is 5.15. The molecule has 0 atom stereocenters. The molecule has 0 heterocycles. The van der Waals surface area contributed by atoms with Crippen LogP contribution in [0, 0.1) is 0 Å². The standard InChI is InChI=1S/C19H20Cl2O3/c1-2-4-16-18(10-9-17(20)19(16)21)24-12-3-11-23-15-7-5-14(13-22)6-8-15/h5-10,13H,2-4,11-12H2,1H3. The highest BCUT2D eigenvalue weighted by atomic mass is 35.5. The van der Waals surface area contributed by atoms with Gasteiger partial charge in [-0.3, -0.25) is 4.79 Å². The van der Waals surface area contributed by atoms with Gasteiger partial charge in [0.05, 0.1) is 23.3 Å². The number of hydrogen-bond donors (Lipinski definition) is 0. The van der Waals surface area contributed by atoms with Gasteiger partial charge in [0.1, 0.15) is 17.8 Å². The minimum Gasteiger partial charge on any atom is -0.493 e. The molecule has 0 saturated heterocycles. The molecule has 3 nitrogen and oxygen atoms in total. The number of halogens is 2. The second kappa shape index (κ2) is 9.55. The Hall–Kier alpha value is -1.71. The van der Waals surface area contributed by atoms with Gasteiger partial charge in [-0.05, 0) is 42.8 Å². The molecular weight excluding hydrogens is 347 g/mol. The van der Waals surface area contributed by atoms with Crippen molar-refractivity contribution >= 4 is 29.5 Å². The van der Waals surface area contributed by atoms with E-state index in [4.69, 9.17) is 32.7 Å². The molecule has 128 valence electrons. The highest BCUT2D eigenvalue weighted by molar-refractivity contribution is 6.42. The van der Waals surface area contributed by atoms with Crippen molar-refractivity contribution in [2.75, 3.05) is 13.2 Å². The summed E-state index contributed by atoms with van der Waals surface area (Å²) in [6.45, 7) is 3.15. The average molecular weight is 367 g/mol. The van der Waals surface area contributed by atoms with Crippen molar-refractivity contribution < 1.29 is 14.3 Å². The van der Waals surface area contributed by atoms with E-state index in [1.807, 2.05) is 6.07 Å². The van der Waals surface area contributed by atoms with Crippen molar-refractivity contribution in [2.45, 2.75) is 26.2 Å². The fourth-order valence-electron chi connectivity index (χ4n) is 2.27. The molecule has 0 fully saturated rings. The smallest absolute Gasteiger partial charge is 0.150 e. The fourth-order valence-corrected chi connectivity index (χ4v) is 2.69. The summed E-state index contributed by atoms with van der Waals surface area (Å²) in [4.78, 5) is 10.6. The topological polar surface area (TPSA) is 35.5 Å². The van der Waals surface area contributed by atoms with Crippen LogP contribution in [0.25, 0.3) is 0 Å². The highest BCUT2D eigenvalue weighted by Crippen LogP contribution is 2.34. The molecule has 0 aliphatic carbocycles. The van der Waals surface area contributed by atoms with Gasteiger partial charge in [-0.25, -0.2) is 0 Å². The molecule has 2 rings (SSSR count). The Morgan fingerprint density at radius 2 is 1.71 bits per heavy atom. The van der Waals surface area contributed by atoms with Crippen LogP contribution < -0.4 is 9.47 Å². The molecule has 0 bridgehead atoms. The van der Waals surface area contributed by atoms with Crippen molar-refractivity contribution in [3.05, 3.63) is 57.6 Å². The molecule has 0 spiro atoms. The monoisotopic (exact) mass is 366 g/mol. The number of ether oxygens (including phenoxy) is 2. The summed E-state index contributed by atoms with van der Waals surface area (Å²) in [7, 11) is 0. The lowest BCUT2D eigenvalue weighted by Gasteiger charge is -2.14. The van der Waals surface area contributed by atoms with E-state index in [2.05, 4.69) is 6.92 Å². The molecule has 0 aromatic heterocycles. The Kier molecular flexibility index (Phi) is 7.41. The molecule has 0 amide bonds. The van der Waals surface area contributed by atoms with E-state index in [9.17, 15) is 4.79 Å². The molecule has 5 heteroatoms. The highest BCUT2D eigenvalue weighted by Gasteiger charge is 2.11. The van der Waals surface area contributed by atoms with Crippen molar-refractivity contribution in [3.63, 3.8) is 0 Å². The number of carbonyl (C=O) groups excluding carboxylic acids is 1. The van der Waals surface area contributed by atoms with Crippen LogP contribution in [0.2, 0.25) is 10.0 Å². The molecule has 2 aromatic rings. The van der Waals surface area contributed by atoms with E-state index in [0.29, 0.717) is 28.8 Å². The minimum absolute atomic E-state index is 0.529. The van der Waals surface area contributed by atoms with Crippen molar-refractivity contribution in [1.82, 2.24) is 0 Å². The molecule has 2 aromatic carbocycles. The van der Waals surface area contributed by atoms with E-state index in [1.165, 1.54) is 0 Å². The van der Waals surface area contributed by atoms with E-state index < -0.39 is 0 Å². The second-order valence-electron chi connectivity index (χ2n) is 5.33. The Morgan fingerprint density at radius 1 is 1.00 bits per heavy atom. The lowest BCUT2D eigenvalue weighted by molar-refractivity contribution is 0.112. The van der Waals surface area contributed by atoms with Gasteiger partial charge in [-0.1, -0.05) is 36.5 Å². The average Bonchev–Trinajstić information content (AvgIpc) is 2.61. The molecule has 0 saturated carbocycles. The quantitative estimate of drug-likeness (QED) is 0.427. The Labute approximate surface area is 152 Å². The van der Waals surface area contributed by atoms with Crippen LogP contribution in [0.1, 0.15) is 35.7 Å². The third-order valence-corrected chi connectivity index (χ3v) is 4.33. The Balaban J connectivity index is 1.81. The zero-order valence-corrected chi connectivity index (χ0v) is 15.1. The first-order valence-electron chi connectivity index (χ1n) is 7.93. The number of benzene rings is 2. The van der Waals surface area contributed by atoms with E-state index >= 15 is 0 Å². The third-order valence-electron chi connectivity index (χ3n) is 3.48. The van der Waals surface area contributed by atoms with Gasteiger partial charge in [0.15, 0.2) is 0 Å². The molecular formula is C19H20Cl2O3. The van der Waals surface area contributed by atoms with E-state index in [0.717, 1.165) is 42.6 Å². The SMILES string of the molecule is CCCc1c(OCCCOc2ccc(C=O)cc2)ccc(Cl)c1Cl. The summed E-state index contributed by atoms with van der Waals surface area (Å²) in [5.74, 6) is 1.52. The van der Waals surface area contributed by atoms with Crippen LogP contribution >= 0.6 is 23.2 Å². The van der Waals surface area contributed by atoms with Crippen LogP contribution in [0.5, 0.6) is 11.5 Å². The molecule has 0 radical (unpaired) electrons. The van der Waals surface area contributed by atoms with Crippen LogP contribution in [0.3, 0.4) is 0 Å². The molecule has 0 N–H and O–H groups in total. The summed E-state index contributed by atoms with van der Waals surface area (Å²) in [6.07, 6.45) is 3.34. The Bertz CT molecular complexity index is 669. The first-order chi connectivity index (χ1) is 11.7. The maximum atomic E-state index is 10.6. The van der Waals surface area contributed by atoms with Gasteiger partial charge < -0.3 is 9.47 Å². The zero-order valence-electron chi connectivity index (χ0n) is 13.6.